The minimum absolute atomic E-state index is 0.0691. The van der Waals surface area contributed by atoms with Gasteiger partial charge in [0, 0.05) is 22.8 Å². The van der Waals surface area contributed by atoms with Crippen LogP contribution < -0.4 is 4.90 Å². The average Bonchev–Trinajstić information content (AvgIpc) is 3.19. The third-order valence-corrected chi connectivity index (χ3v) is 6.50. The Balaban J connectivity index is 1.82. The second-order valence-corrected chi connectivity index (χ2v) is 8.68. The van der Waals surface area contributed by atoms with Gasteiger partial charge in [-0.15, -0.1) is 0 Å². The zero-order valence-electron chi connectivity index (χ0n) is 16.5. The molecule has 0 spiro atoms. The molecule has 32 heavy (non-hydrogen) atoms. The van der Waals surface area contributed by atoms with Crippen LogP contribution in [0.5, 0.6) is 0 Å². The summed E-state index contributed by atoms with van der Waals surface area (Å²) in [6, 6.07) is 16.4. The summed E-state index contributed by atoms with van der Waals surface area (Å²) in [5.41, 5.74) is 2.00. The summed E-state index contributed by atoms with van der Waals surface area (Å²) in [4.78, 5) is 23.9. The number of nitro groups is 2. The molecule has 0 radical (unpaired) electrons. The largest absolute Gasteiger partial charge is 0.357 e. The SMILES string of the molecule is O=[N+]([O-])c1cc([C@H]2CC[C@H](c3ccc(Cl)c([N+](=O)[O-])c3)N2c2ccc(Cl)cc2)ccc1Cl. The van der Waals surface area contributed by atoms with E-state index < -0.39 is 9.85 Å². The Morgan fingerprint density at radius 3 is 1.56 bits per heavy atom. The first kappa shape index (κ1) is 22.3. The number of benzene rings is 3. The molecule has 0 aromatic heterocycles. The monoisotopic (exact) mass is 491 g/mol. The summed E-state index contributed by atoms with van der Waals surface area (Å²) in [5, 5.41) is 23.5. The lowest BCUT2D eigenvalue weighted by atomic mass is 10.0. The molecule has 0 bridgehead atoms. The number of nitro benzene ring substituents is 2. The Morgan fingerprint density at radius 2 is 1.16 bits per heavy atom. The van der Waals surface area contributed by atoms with Crippen LogP contribution in [0.4, 0.5) is 17.1 Å². The summed E-state index contributed by atoms with van der Waals surface area (Å²) >= 11 is 18.1. The number of anilines is 1. The van der Waals surface area contributed by atoms with E-state index in [0.717, 1.165) is 16.8 Å². The lowest BCUT2D eigenvalue weighted by Gasteiger charge is -2.33. The summed E-state index contributed by atoms with van der Waals surface area (Å²) in [5.74, 6) is 0. The molecule has 0 aliphatic carbocycles. The van der Waals surface area contributed by atoms with Crippen LogP contribution in [0.25, 0.3) is 0 Å². The maximum atomic E-state index is 11.4. The Kier molecular flexibility index (Phi) is 6.24. The highest BCUT2D eigenvalue weighted by molar-refractivity contribution is 6.33. The van der Waals surface area contributed by atoms with Crippen molar-refractivity contribution in [3.05, 3.63) is 107 Å². The lowest BCUT2D eigenvalue weighted by Crippen LogP contribution is -2.26. The van der Waals surface area contributed by atoms with Crippen molar-refractivity contribution in [3.8, 4) is 0 Å². The highest BCUT2D eigenvalue weighted by Crippen LogP contribution is 2.48. The van der Waals surface area contributed by atoms with E-state index in [1.54, 1.807) is 24.3 Å². The van der Waals surface area contributed by atoms with E-state index in [1.165, 1.54) is 24.3 Å². The first-order chi connectivity index (χ1) is 15.3. The van der Waals surface area contributed by atoms with Crippen LogP contribution in [0, 0.1) is 20.2 Å². The molecule has 3 aromatic rings. The lowest BCUT2D eigenvalue weighted by molar-refractivity contribution is -0.384. The Labute approximate surface area is 198 Å². The topological polar surface area (TPSA) is 89.5 Å². The van der Waals surface area contributed by atoms with Gasteiger partial charge in [0.05, 0.1) is 21.9 Å². The first-order valence-electron chi connectivity index (χ1n) is 9.68. The molecule has 0 unspecified atom stereocenters. The maximum Gasteiger partial charge on any atom is 0.288 e. The van der Waals surface area contributed by atoms with Crippen molar-refractivity contribution in [1.82, 2.24) is 0 Å². The quantitative estimate of drug-likeness (QED) is 0.271. The minimum Gasteiger partial charge on any atom is -0.357 e. The highest BCUT2D eigenvalue weighted by Gasteiger charge is 2.37. The van der Waals surface area contributed by atoms with Crippen LogP contribution in [0.1, 0.15) is 36.1 Å². The normalized spacial score (nSPS) is 18.0. The van der Waals surface area contributed by atoms with Gasteiger partial charge < -0.3 is 4.90 Å². The molecule has 10 heteroatoms. The Hall–Kier alpha value is -2.87. The molecule has 1 aliphatic rings. The Morgan fingerprint density at radius 1 is 0.719 bits per heavy atom. The molecular weight excluding hydrogens is 477 g/mol. The molecule has 1 fully saturated rings. The van der Waals surface area contributed by atoms with Crippen molar-refractivity contribution >= 4 is 51.9 Å². The average molecular weight is 493 g/mol. The van der Waals surface area contributed by atoms with Gasteiger partial charge in [0.15, 0.2) is 0 Å². The van der Waals surface area contributed by atoms with E-state index >= 15 is 0 Å². The van der Waals surface area contributed by atoms with E-state index in [0.29, 0.717) is 17.9 Å². The zero-order valence-corrected chi connectivity index (χ0v) is 18.7. The third-order valence-electron chi connectivity index (χ3n) is 5.61. The molecule has 0 amide bonds. The molecule has 2 atom stereocenters. The fraction of sp³-hybridized carbons (Fsp3) is 0.182. The molecule has 164 valence electrons. The Bertz CT molecular complexity index is 1130. The second kappa shape index (κ2) is 8.94. The molecule has 0 saturated carbocycles. The molecule has 3 aromatic carbocycles. The standard InChI is InChI=1S/C22H16Cl3N3O4/c23-15-3-5-16(6-4-15)26-19(13-1-7-17(24)21(11-13)27(29)30)9-10-20(26)14-2-8-18(25)22(12-14)28(31)32/h1-8,11-12,19-20H,9-10H2/t19-,20-/m1/s1. The van der Waals surface area contributed by atoms with Crippen LogP contribution in [0.3, 0.4) is 0 Å². The fourth-order valence-electron chi connectivity index (χ4n) is 4.19. The van der Waals surface area contributed by atoms with Gasteiger partial charge >= 0.3 is 0 Å². The van der Waals surface area contributed by atoms with Crippen LogP contribution in [0.2, 0.25) is 15.1 Å². The number of hydrogen-bond donors (Lipinski definition) is 0. The number of rotatable bonds is 5. The maximum absolute atomic E-state index is 11.4. The molecule has 4 rings (SSSR count). The van der Waals surface area contributed by atoms with E-state index in [1.807, 2.05) is 12.1 Å². The molecular formula is C22H16Cl3N3O4. The fourth-order valence-corrected chi connectivity index (χ4v) is 4.69. The molecule has 0 N–H and O–H groups in total. The van der Waals surface area contributed by atoms with Gasteiger partial charge in [0.25, 0.3) is 11.4 Å². The van der Waals surface area contributed by atoms with Crippen molar-refractivity contribution in [3.63, 3.8) is 0 Å². The van der Waals surface area contributed by atoms with Crippen LogP contribution in [0.15, 0.2) is 60.7 Å². The smallest absolute Gasteiger partial charge is 0.288 e. The van der Waals surface area contributed by atoms with Crippen LogP contribution >= 0.6 is 34.8 Å². The van der Waals surface area contributed by atoms with Gasteiger partial charge in [0.2, 0.25) is 0 Å². The van der Waals surface area contributed by atoms with Gasteiger partial charge in [-0.05, 0) is 60.4 Å². The van der Waals surface area contributed by atoms with Crippen molar-refractivity contribution in [1.29, 1.82) is 0 Å². The number of nitrogens with zero attached hydrogens (tertiary/aromatic N) is 3. The first-order valence-corrected chi connectivity index (χ1v) is 10.8. The number of hydrogen-bond acceptors (Lipinski definition) is 5. The van der Waals surface area contributed by atoms with Gasteiger partial charge in [-0.3, -0.25) is 20.2 Å². The summed E-state index contributed by atoms with van der Waals surface area (Å²) < 4.78 is 0. The van der Waals surface area contributed by atoms with Gasteiger partial charge in [0.1, 0.15) is 10.0 Å². The number of halogens is 3. The molecule has 1 heterocycles. The zero-order chi connectivity index (χ0) is 23.0. The molecule has 7 nitrogen and oxygen atoms in total. The van der Waals surface area contributed by atoms with E-state index in [-0.39, 0.29) is 33.5 Å². The van der Waals surface area contributed by atoms with Gasteiger partial charge in [-0.25, -0.2) is 0 Å². The van der Waals surface area contributed by atoms with E-state index in [2.05, 4.69) is 4.90 Å². The summed E-state index contributed by atoms with van der Waals surface area (Å²) in [7, 11) is 0. The predicted molar refractivity (Wildman–Crippen MR) is 125 cm³/mol. The van der Waals surface area contributed by atoms with Crippen LogP contribution in [-0.2, 0) is 0 Å². The van der Waals surface area contributed by atoms with Gasteiger partial charge in [-0.1, -0.05) is 46.9 Å². The van der Waals surface area contributed by atoms with Crippen molar-refractivity contribution in [2.24, 2.45) is 0 Å². The van der Waals surface area contributed by atoms with E-state index in [4.69, 9.17) is 34.8 Å². The summed E-state index contributed by atoms with van der Waals surface area (Å²) in [6.45, 7) is 0. The third kappa shape index (κ3) is 4.24. The molecule has 1 aliphatic heterocycles. The predicted octanol–water partition coefficient (Wildman–Crippen LogP) is 7.55. The minimum atomic E-state index is -0.506. The molecule has 1 saturated heterocycles. The van der Waals surface area contributed by atoms with Crippen molar-refractivity contribution < 1.29 is 9.85 Å². The van der Waals surface area contributed by atoms with Crippen molar-refractivity contribution in [2.45, 2.75) is 24.9 Å². The second-order valence-electron chi connectivity index (χ2n) is 7.43. The highest BCUT2D eigenvalue weighted by atomic mass is 35.5. The van der Waals surface area contributed by atoms with Gasteiger partial charge in [-0.2, -0.15) is 0 Å². The van der Waals surface area contributed by atoms with E-state index in [9.17, 15) is 20.2 Å². The summed E-state index contributed by atoms with van der Waals surface area (Å²) in [6.07, 6.45) is 1.37. The van der Waals surface area contributed by atoms with Crippen molar-refractivity contribution in [2.75, 3.05) is 4.90 Å². The van der Waals surface area contributed by atoms with Crippen LogP contribution in [-0.4, -0.2) is 9.85 Å².